The van der Waals surface area contributed by atoms with Gasteiger partial charge in [0.25, 0.3) is 0 Å². The van der Waals surface area contributed by atoms with Crippen molar-refractivity contribution in [3.8, 4) is 5.75 Å². The first-order valence-corrected chi connectivity index (χ1v) is 11.2. The minimum atomic E-state index is 0.0933. The topological polar surface area (TPSA) is 35.1 Å². The highest BCUT2D eigenvalue weighted by Gasteiger charge is 2.41. The van der Waals surface area contributed by atoms with E-state index in [0.29, 0.717) is 18.1 Å². The maximum absolute atomic E-state index is 6.13. The maximum atomic E-state index is 6.13. The first kappa shape index (κ1) is 22.1. The Balaban J connectivity index is 1.77. The molecule has 3 rings (SSSR count). The molecule has 0 bridgehead atoms. The van der Waals surface area contributed by atoms with E-state index in [0.717, 1.165) is 43.2 Å². The van der Waals surface area contributed by atoms with Gasteiger partial charge in [0.05, 0.1) is 19.8 Å². The van der Waals surface area contributed by atoms with Crippen molar-refractivity contribution in [3.63, 3.8) is 0 Å². The van der Waals surface area contributed by atoms with Crippen molar-refractivity contribution in [2.24, 2.45) is 5.92 Å². The second-order valence-corrected chi connectivity index (χ2v) is 9.14. The molecule has 0 saturated carbocycles. The van der Waals surface area contributed by atoms with Crippen LogP contribution < -0.4 is 10.1 Å². The summed E-state index contributed by atoms with van der Waals surface area (Å²) >= 11 is 6.04. The van der Waals surface area contributed by atoms with Crippen molar-refractivity contribution in [1.82, 2.24) is 0 Å². The number of hydrogen-bond acceptors (Lipinski definition) is 2. The van der Waals surface area contributed by atoms with Crippen LogP contribution in [0.5, 0.6) is 5.75 Å². The van der Waals surface area contributed by atoms with Crippen LogP contribution in [0.3, 0.4) is 0 Å². The molecule has 3 nitrogen and oxygen atoms in total. The highest BCUT2D eigenvalue weighted by atomic mass is 35.5. The number of hydrogen-bond donors (Lipinski definition) is 1. The number of quaternary nitrogens is 1. The van der Waals surface area contributed by atoms with Crippen LogP contribution >= 0.6 is 11.6 Å². The van der Waals surface area contributed by atoms with Gasteiger partial charge in [-0.15, -0.1) is 0 Å². The summed E-state index contributed by atoms with van der Waals surface area (Å²) in [5.41, 5.74) is 2.74. The molecule has 1 heterocycles. The molecule has 0 amide bonds. The monoisotopic (exact) mass is 416 g/mol. The van der Waals surface area contributed by atoms with Crippen molar-refractivity contribution < 1.29 is 14.8 Å². The quantitative estimate of drug-likeness (QED) is 0.646. The zero-order chi connectivity index (χ0) is 20.9. The van der Waals surface area contributed by atoms with E-state index in [2.05, 4.69) is 62.5 Å². The van der Waals surface area contributed by atoms with E-state index < -0.39 is 0 Å². The second kappa shape index (κ2) is 9.97. The zero-order valence-electron chi connectivity index (χ0n) is 18.2. The summed E-state index contributed by atoms with van der Waals surface area (Å²) in [6.45, 7) is 8.66. The number of rotatable bonds is 8. The maximum Gasteiger partial charge on any atom is 0.122 e. The molecule has 0 radical (unpaired) electrons. The normalized spacial score (nSPS) is 23.2. The summed E-state index contributed by atoms with van der Waals surface area (Å²) < 4.78 is 11.9. The molecule has 2 aromatic carbocycles. The third-order valence-electron chi connectivity index (χ3n) is 6.47. The van der Waals surface area contributed by atoms with Crippen LogP contribution in [0.1, 0.15) is 57.2 Å². The third kappa shape index (κ3) is 5.33. The number of methoxy groups -OCH3 is 1. The Labute approximate surface area is 180 Å². The standard InChI is InChI=1S/C25H34ClNO2/c1-18(2)24-17-25(14-16-29-24,22-7-5-6-8-23(22)28-4)13-15-27-19(3)20-9-11-21(26)12-10-20/h5-12,18-19,24,27H,13-17H2,1-4H3/p+1/t19-,24-,25-/m0/s1. The lowest BCUT2D eigenvalue weighted by Crippen LogP contribution is -2.85. The third-order valence-corrected chi connectivity index (χ3v) is 6.72. The average Bonchev–Trinajstić information content (AvgIpc) is 2.74. The highest BCUT2D eigenvalue weighted by Crippen LogP contribution is 2.44. The largest absolute Gasteiger partial charge is 0.496 e. The Bertz CT molecular complexity index is 777. The fraction of sp³-hybridized carbons (Fsp3) is 0.520. The smallest absolute Gasteiger partial charge is 0.122 e. The van der Waals surface area contributed by atoms with Gasteiger partial charge in [0.15, 0.2) is 0 Å². The lowest BCUT2D eigenvalue weighted by Gasteiger charge is -2.43. The van der Waals surface area contributed by atoms with Gasteiger partial charge in [-0.3, -0.25) is 0 Å². The minimum Gasteiger partial charge on any atom is -0.496 e. The second-order valence-electron chi connectivity index (χ2n) is 8.70. The number of ether oxygens (including phenoxy) is 2. The van der Waals surface area contributed by atoms with Gasteiger partial charge in [-0.05, 0) is 43.9 Å². The predicted molar refractivity (Wildman–Crippen MR) is 120 cm³/mol. The summed E-state index contributed by atoms with van der Waals surface area (Å²) in [6, 6.07) is 17.2. The number of nitrogens with two attached hydrogens (primary N) is 1. The lowest BCUT2D eigenvalue weighted by atomic mass is 9.68. The molecule has 0 aliphatic carbocycles. The predicted octanol–water partition coefficient (Wildman–Crippen LogP) is 5.14. The Morgan fingerprint density at radius 1 is 1.14 bits per heavy atom. The van der Waals surface area contributed by atoms with Crippen LogP contribution in [0.25, 0.3) is 0 Å². The van der Waals surface area contributed by atoms with Gasteiger partial charge >= 0.3 is 0 Å². The Hall–Kier alpha value is -1.55. The highest BCUT2D eigenvalue weighted by molar-refractivity contribution is 6.30. The molecule has 0 unspecified atom stereocenters. The number of benzene rings is 2. The fourth-order valence-electron chi connectivity index (χ4n) is 4.58. The Morgan fingerprint density at radius 2 is 1.86 bits per heavy atom. The van der Waals surface area contributed by atoms with Gasteiger partial charge in [-0.2, -0.15) is 0 Å². The van der Waals surface area contributed by atoms with Gasteiger partial charge < -0.3 is 14.8 Å². The van der Waals surface area contributed by atoms with E-state index in [-0.39, 0.29) is 5.41 Å². The summed E-state index contributed by atoms with van der Waals surface area (Å²) in [7, 11) is 1.78. The molecule has 2 N–H and O–H groups in total. The van der Waals surface area contributed by atoms with Crippen LogP contribution in [-0.4, -0.2) is 26.4 Å². The van der Waals surface area contributed by atoms with E-state index in [1.165, 1.54) is 11.1 Å². The molecule has 29 heavy (non-hydrogen) atoms. The fourth-order valence-corrected chi connectivity index (χ4v) is 4.71. The molecule has 158 valence electrons. The number of halogens is 1. The first-order valence-electron chi connectivity index (χ1n) is 10.8. The number of para-hydroxylation sites is 1. The van der Waals surface area contributed by atoms with Crippen LogP contribution in [0, 0.1) is 5.92 Å². The van der Waals surface area contributed by atoms with Crippen molar-refractivity contribution in [2.75, 3.05) is 20.3 Å². The van der Waals surface area contributed by atoms with Gasteiger partial charge in [0.1, 0.15) is 11.8 Å². The van der Waals surface area contributed by atoms with Crippen molar-refractivity contribution in [2.45, 2.75) is 57.6 Å². The molecule has 0 spiro atoms. The summed E-state index contributed by atoms with van der Waals surface area (Å²) in [4.78, 5) is 0. The summed E-state index contributed by atoms with van der Waals surface area (Å²) in [6.07, 6.45) is 3.49. The molecular formula is C25H35ClNO2+. The molecule has 1 aliphatic heterocycles. The zero-order valence-corrected chi connectivity index (χ0v) is 18.9. The van der Waals surface area contributed by atoms with Gasteiger partial charge in [0, 0.05) is 34.6 Å². The minimum absolute atomic E-state index is 0.0933. The molecular weight excluding hydrogens is 382 g/mol. The van der Waals surface area contributed by atoms with E-state index >= 15 is 0 Å². The van der Waals surface area contributed by atoms with Crippen LogP contribution in [0.4, 0.5) is 0 Å². The van der Waals surface area contributed by atoms with Crippen LogP contribution in [-0.2, 0) is 10.2 Å². The van der Waals surface area contributed by atoms with Crippen molar-refractivity contribution in [1.29, 1.82) is 0 Å². The first-order chi connectivity index (χ1) is 13.9. The molecule has 1 fully saturated rings. The molecule has 1 saturated heterocycles. The lowest BCUT2D eigenvalue weighted by molar-refractivity contribution is -0.693. The summed E-state index contributed by atoms with van der Waals surface area (Å²) in [5.74, 6) is 1.52. The van der Waals surface area contributed by atoms with E-state index in [4.69, 9.17) is 21.1 Å². The molecule has 4 heteroatoms. The summed E-state index contributed by atoms with van der Waals surface area (Å²) in [5, 5.41) is 3.23. The SMILES string of the molecule is COc1ccccc1[C@@]1(CC[NH2+][C@@H](C)c2ccc(Cl)cc2)CCO[C@H](C(C)C)C1. The van der Waals surface area contributed by atoms with E-state index in [1.54, 1.807) is 7.11 Å². The van der Waals surface area contributed by atoms with Gasteiger partial charge in [-0.1, -0.05) is 55.8 Å². The molecule has 1 aliphatic rings. The molecule has 2 aromatic rings. The van der Waals surface area contributed by atoms with E-state index in [1.807, 2.05) is 12.1 Å². The van der Waals surface area contributed by atoms with Crippen LogP contribution in [0.15, 0.2) is 48.5 Å². The Kier molecular flexibility index (Phi) is 7.61. The van der Waals surface area contributed by atoms with Gasteiger partial charge in [0.2, 0.25) is 0 Å². The Morgan fingerprint density at radius 3 is 2.55 bits per heavy atom. The van der Waals surface area contributed by atoms with Crippen molar-refractivity contribution in [3.05, 3.63) is 64.7 Å². The van der Waals surface area contributed by atoms with E-state index in [9.17, 15) is 0 Å². The van der Waals surface area contributed by atoms with Crippen molar-refractivity contribution >= 4 is 11.6 Å². The van der Waals surface area contributed by atoms with Crippen LogP contribution in [0.2, 0.25) is 5.02 Å². The average molecular weight is 417 g/mol. The molecule has 3 atom stereocenters. The molecule has 0 aromatic heterocycles. The van der Waals surface area contributed by atoms with Gasteiger partial charge in [-0.25, -0.2) is 0 Å².